The van der Waals surface area contributed by atoms with E-state index < -0.39 is 0 Å². The molecule has 2 heterocycles. The molecular formula is C21H28N2O3S. The lowest BCUT2D eigenvalue weighted by atomic mass is 9.95. The third-order valence-electron chi connectivity index (χ3n) is 4.79. The molecule has 1 aromatic carbocycles. The topological polar surface area (TPSA) is 50.8 Å². The van der Waals surface area contributed by atoms with Gasteiger partial charge in [-0.1, -0.05) is 6.07 Å². The summed E-state index contributed by atoms with van der Waals surface area (Å²) in [6.45, 7) is 6.37. The molecule has 0 bridgehead atoms. The number of likely N-dealkylation sites (tertiary alicyclic amines) is 1. The summed E-state index contributed by atoms with van der Waals surface area (Å²) in [7, 11) is 0. The van der Waals surface area contributed by atoms with Crippen molar-refractivity contribution in [1.29, 1.82) is 0 Å². The highest BCUT2D eigenvalue weighted by Crippen LogP contribution is 2.30. The highest BCUT2D eigenvalue weighted by molar-refractivity contribution is 7.10. The van der Waals surface area contributed by atoms with Crippen molar-refractivity contribution in [3.63, 3.8) is 0 Å². The Balaban J connectivity index is 1.28. The van der Waals surface area contributed by atoms with Gasteiger partial charge in [0, 0.05) is 18.0 Å². The van der Waals surface area contributed by atoms with Crippen LogP contribution >= 0.6 is 11.3 Å². The number of thiophene rings is 1. The number of nitrogens with zero attached hydrogens (tertiary/aromatic N) is 1. The number of benzene rings is 1. The lowest BCUT2D eigenvalue weighted by Crippen LogP contribution is -2.40. The fraction of sp³-hybridized carbons (Fsp3) is 0.476. The van der Waals surface area contributed by atoms with Crippen molar-refractivity contribution in [2.75, 3.05) is 39.4 Å². The van der Waals surface area contributed by atoms with Crippen LogP contribution in [0, 0.1) is 0 Å². The molecule has 1 N–H and O–H groups in total. The van der Waals surface area contributed by atoms with Crippen LogP contribution in [-0.4, -0.2) is 50.2 Å². The smallest absolute Gasteiger partial charge is 0.257 e. The number of piperidine rings is 1. The molecule has 6 heteroatoms. The number of hydrogen-bond donors (Lipinski definition) is 1. The minimum absolute atomic E-state index is 0.0361. The molecule has 2 aromatic rings. The first-order valence-electron chi connectivity index (χ1n) is 9.62. The average Bonchev–Trinajstić information content (AvgIpc) is 3.23. The SMILES string of the molecule is CCOc1ccc(OCC(=O)NCCN2CCC(c3cccs3)CC2)cc1. The number of carbonyl (C=O) groups excluding carboxylic acids is 1. The van der Waals surface area contributed by atoms with Gasteiger partial charge in [0.15, 0.2) is 6.61 Å². The zero-order valence-electron chi connectivity index (χ0n) is 15.9. The molecule has 0 saturated carbocycles. The van der Waals surface area contributed by atoms with Crippen LogP contribution < -0.4 is 14.8 Å². The molecule has 0 spiro atoms. The fourth-order valence-corrected chi connectivity index (χ4v) is 4.22. The second kappa shape index (κ2) is 10.3. The van der Waals surface area contributed by atoms with E-state index in [4.69, 9.17) is 9.47 Å². The van der Waals surface area contributed by atoms with Crippen LogP contribution in [0.15, 0.2) is 41.8 Å². The summed E-state index contributed by atoms with van der Waals surface area (Å²) >= 11 is 1.86. The van der Waals surface area contributed by atoms with Crippen LogP contribution in [-0.2, 0) is 4.79 Å². The lowest BCUT2D eigenvalue weighted by Gasteiger charge is -2.31. The quantitative estimate of drug-likeness (QED) is 0.714. The van der Waals surface area contributed by atoms with Gasteiger partial charge in [-0.25, -0.2) is 0 Å². The number of hydrogen-bond acceptors (Lipinski definition) is 5. The van der Waals surface area contributed by atoms with E-state index in [9.17, 15) is 4.79 Å². The monoisotopic (exact) mass is 388 g/mol. The average molecular weight is 389 g/mol. The Morgan fingerprint density at radius 1 is 1.15 bits per heavy atom. The molecule has 1 aliphatic rings. The van der Waals surface area contributed by atoms with Crippen LogP contribution in [0.3, 0.4) is 0 Å². The number of ether oxygens (including phenoxy) is 2. The van der Waals surface area contributed by atoms with E-state index >= 15 is 0 Å². The van der Waals surface area contributed by atoms with Crippen molar-refractivity contribution in [3.8, 4) is 11.5 Å². The molecular weight excluding hydrogens is 360 g/mol. The summed E-state index contributed by atoms with van der Waals surface area (Å²) in [5, 5.41) is 5.10. The molecule has 1 amide bonds. The van der Waals surface area contributed by atoms with Gasteiger partial charge < -0.3 is 19.7 Å². The van der Waals surface area contributed by atoms with E-state index in [2.05, 4.69) is 27.7 Å². The molecule has 0 atom stereocenters. The molecule has 0 unspecified atom stereocenters. The molecule has 0 aliphatic carbocycles. The molecule has 1 saturated heterocycles. The Kier molecular flexibility index (Phi) is 7.54. The normalized spacial score (nSPS) is 15.4. The first kappa shape index (κ1) is 19.7. The second-order valence-electron chi connectivity index (χ2n) is 6.67. The molecule has 146 valence electrons. The molecule has 27 heavy (non-hydrogen) atoms. The number of nitrogens with one attached hydrogen (secondary N) is 1. The minimum atomic E-state index is -0.0858. The van der Waals surface area contributed by atoms with E-state index in [0.29, 0.717) is 24.8 Å². The van der Waals surface area contributed by atoms with E-state index in [-0.39, 0.29) is 12.5 Å². The van der Waals surface area contributed by atoms with Gasteiger partial charge in [-0.15, -0.1) is 11.3 Å². The van der Waals surface area contributed by atoms with Crippen molar-refractivity contribution in [1.82, 2.24) is 10.2 Å². The first-order valence-corrected chi connectivity index (χ1v) is 10.5. The van der Waals surface area contributed by atoms with Gasteiger partial charge in [0.05, 0.1) is 6.61 Å². The summed E-state index contributed by atoms with van der Waals surface area (Å²) in [6, 6.07) is 11.7. The van der Waals surface area contributed by atoms with Gasteiger partial charge in [0.25, 0.3) is 5.91 Å². The Morgan fingerprint density at radius 3 is 2.48 bits per heavy atom. The van der Waals surface area contributed by atoms with Gasteiger partial charge in [-0.3, -0.25) is 4.79 Å². The summed E-state index contributed by atoms with van der Waals surface area (Å²) < 4.78 is 10.9. The Morgan fingerprint density at radius 2 is 1.85 bits per heavy atom. The van der Waals surface area contributed by atoms with Gasteiger partial charge in [-0.2, -0.15) is 0 Å². The predicted molar refractivity (Wildman–Crippen MR) is 109 cm³/mol. The second-order valence-corrected chi connectivity index (χ2v) is 7.65. The maximum atomic E-state index is 12.0. The zero-order chi connectivity index (χ0) is 18.9. The third kappa shape index (κ3) is 6.26. The van der Waals surface area contributed by atoms with Crippen molar-refractivity contribution < 1.29 is 14.3 Å². The molecule has 1 fully saturated rings. The van der Waals surface area contributed by atoms with Gasteiger partial charge in [0.2, 0.25) is 0 Å². The van der Waals surface area contributed by atoms with Gasteiger partial charge >= 0.3 is 0 Å². The highest BCUT2D eigenvalue weighted by Gasteiger charge is 2.20. The van der Waals surface area contributed by atoms with Crippen molar-refractivity contribution >= 4 is 17.2 Å². The zero-order valence-corrected chi connectivity index (χ0v) is 16.7. The van der Waals surface area contributed by atoms with E-state index in [1.54, 1.807) is 0 Å². The predicted octanol–water partition coefficient (Wildman–Crippen LogP) is 3.52. The first-order chi connectivity index (χ1) is 13.2. The van der Waals surface area contributed by atoms with E-state index in [0.717, 1.165) is 25.4 Å². The van der Waals surface area contributed by atoms with Crippen molar-refractivity contribution in [2.45, 2.75) is 25.7 Å². The molecule has 3 rings (SSSR count). The fourth-order valence-electron chi connectivity index (χ4n) is 3.32. The van der Waals surface area contributed by atoms with Gasteiger partial charge in [0.1, 0.15) is 11.5 Å². The Hall–Kier alpha value is -2.05. The van der Waals surface area contributed by atoms with Gasteiger partial charge in [-0.05, 0) is 74.5 Å². The number of carbonyl (C=O) groups is 1. The minimum Gasteiger partial charge on any atom is -0.494 e. The van der Waals surface area contributed by atoms with E-state index in [1.165, 1.54) is 17.7 Å². The Bertz CT molecular complexity index is 680. The maximum Gasteiger partial charge on any atom is 0.257 e. The molecule has 1 aromatic heterocycles. The summed E-state index contributed by atoms with van der Waals surface area (Å²) in [5.41, 5.74) is 0. The number of rotatable bonds is 9. The summed E-state index contributed by atoms with van der Waals surface area (Å²) in [5.74, 6) is 2.09. The highest BCUT2D eigenvalue weighted by atomic mass is 32.1. The van der Waals surface area contributed by atoms with Crippen molar-refractivity contribution in [2.24, 2.45) is 0 Å². The third-order valence-corrected chi connectivity index (χ3v) is 5.82. The molecule has 5 nitrogen and oxygen atoms in total. The van der Waals surface area contributed by atoms with Crippen LogP contribution in [0.2, 0.25) is 0 Å². The van der Waals surface area contributed by atoms with Crippen LogP contribution in [0.4, 0.5) is 0 Å². The molecule has 0 radical (unpaired) electrons. The largest absolute Gasteiger partial charge is 0.494 e. The van der Waals surface area contributed by atoms with Crippen molar-refractivity contribution in [3.05, 3.63) is 46.7 Å². The maximum absolute atomic E-state index is 12.0. The molecule has 1 aliphatic heterocycles. The standard InChI is InChI=1S/C21H28N2O3S/c1-2-25-18-5-7-19(8-6-18)26-16-21(24)22-11-14-23-12-9-17(10-13-23)20-4-3-15-27-20/h3-8,15,17H,2,9-14,16H2,1H3,(H,22,24). The summed E-state index contributed by atoms with van der Waals surface area (Å²) in [6.07, 6.45) is 2.41. The van der Waals surface area contributed by atoms with E-state index in [1.807, 2.05) is 42.5 Å². The Labute approximate surface area is 165 Å². The van der Waals surface area contributed by atoms with Crippen LogP contribution in [0.1, 0.15) is 30.6 Å². The lowest BCUT2D eigenvalue weighted by molar-refractivity contribution is -0.123. The number of amides is 1. The van der Waals surface area contributed by atoms with Crippen LogP contribution in [0.25, 0.3) is 0 Å². The summed E-state index contributed by atoms with van der Waals surface area (Å²) in [4.78, 5) is 15.9. The van der Waals surface area contributed by atoms with Crippen LogP contribution in [0.5, 0.6) is 11.5 Å².